The molecule has 18 heavy (non-hydrogen) atoms. The highest BCUT2D eigenvalue weighted by atomic mass is 32.2. The van der Waals surface area contributed by atoms with Crippen LogP contribution in [0.1, 0.15) is 18.4 Å². The zero-order chi connectivity index (χ0) is 13.0. The fourth-order valence-corrected chi connectivity index (χ4v) is 3.85. The van der Waals surface area contributed by atoms with Gasteiger partial charge in [0.2, 0.25) is 10.0 Å². The van der Waals surface area contributed by atoms with E-state index >= 15 is 0 Å². The van der Waals surface area contributed by atoms with Crippen molar-refractivity contribution in [2.75, 3.05) is 20.1 Å². The van der Waals surface area contributed by atoms with Crippen LogP contribution in [0.3, 0.4) is 0 Å². The average molecular weight is 269 g/mol. The van der Waals surface area contributed by atoms with E-state index in [4.69, 9.17) is 0 Å². The highest BCUT2D eigenvalue weighted by molar-refractivity contribution is 7.89. The molecule has 1 aromatic rings. The molecule has 1 aliphatic rings. The third-order valence-corrected chi connectivity index (χ3v) is 5.61. The van der Waals surface area contributed by atoms with Crippen molar-refractivity contribution in [3.63, 3.8) is 0 Å². The van der Waals surface area contributed by atoms with Crippen molar-refractivity contribution in [3.05, 3.63) is 30.1 Å². The van der Waals surface area contributed by atoms with E-state index in [0.717, 1.165) is 18.7 Å². The van der Waals surface area contributed by atoms with Crippen molar-refractivity contribution in [1.82, 2.24) is 14.6 Å². The molecule has 0 unspecified atom stereocenters. The van der Waals surface area contributed by atoms with E-state index in [1.807, 2.05) is 12.1 Å². The number of sulfonamides is 1. The Kier molecular flexibility index (Phi) is 4.31. The van der Waals surface area contributed by atoms with Crippen molar-refractivity contribution in [3.8, 4) is 0 Å². The van der Waals surface area contributed by atoms with Gasteiger partial charge in [-0.3, -0.25) is 4.98 Å². The van der Waals surface area contributed by atoms with E-state index in [-0.39, 0.29) is 5.25 Å². The Morgan fingerprint density at radius 1 is 1.33 bits per heavy atom. The van der Waals surface area contributed by atoms with E-state index in [1.54, 1.807) is 19.4 Å². The number of aromatic nitrogens is 1. The van der Waals surface area contributed by atoms with Crippen molar-refractivity contribution in [2.24, 2.45) is 0 Å². The Morgan fingerprint density at radius 2 is 1.94 bits per heavy atom. The van der Waals surface area contributed by atoms with Gasteiger partial charge in [0.1, 0.15) is 0 Å². The molecule has 2 rings (SSSR count). The first-order valence-corrected chi connectivity index (χ1v) is 7.66. The number of hydrogen-bond acceptors (Lipinski definition) is 4. The predicted molar refractivity (Wildman–Crippen MR) is 70.5 cm³/mol. The molecule has 1 saturated heterocycles. The second-order valence-corrected chi connectivity index (χ2v) is 6.93. The van der Waals surface area contributed by atoms with Gasteiger partial charge in [-0.1, -0.05) is 0 Å². The standard InChI is InChI=1S/C12H19N3O2S/c1-15(10-11-2-6-13-7-3-11)18(16,17)12-4-8-14-9-5-12/h2-3,6-7,12,14H,4-5,8-10H2,1H3. The average Bonchev–Trinajstić information content (AvgIpc) is 2.41. The summed E-state index contributed by atoms with van der Waals surface area (Å²) in [5.41, 5.74) is 0.963. The fraction of sp³-hybridized carbons (Fsp3) is 0.583. The van der Waals surface area contributed by atoms with Crippen LogP contribution in [0, 0.1) is 0 Å². The van der Waals surface area contributed by atoms with Gasteiger partial charge in [-0.25, -0.2) is 12.7 Å². The fourth-order valence-electron chi connectivity index (χ4n) is 2.18. The van der Waals surface area contributed by atoms with Gasteiger partial charge in [-0.2, -0.15) is 0 Å². The van der Waals surface area contributed by atoms with Gasteiger partial charge in [0.05, 0.1) is 5.25 Å². The third kappa shape index (κ3) is 3.07. The molecule has 1 N–H and O–H groups in total. The highest BCUT2D eigenvalue weighted by Crippen LogP contribution is 2.18. The van der Waals surface area contributed by atoms with Crippen LogP contribution in [-0.4, -0.2) is 43.1 Å². The highest BCUT2D eigenvalue weighted by Gasteiger charge is 2.30. The molecular weight excluding hydrogens is 250 g/mol. The maximum Gasteiger partial charge on any atom is 0.217 e. The number of hydrogen-bond donors (Lipinski definition) is 1. The SMILES string of the molecule is CN(Cc1ccncc1)S(=O)(=O)C1CCNCC1. The van der Waals surface area contributed by atoms with Gasteiger partial charge < -0.3 is 5.32 Å². The molecule has 5 nitrogen and oxygen atoms in total. The van der Waals surface area contributed by atoms with Gasteiger partial charge in [0.25, 0.3) is 0 Å². The van der Waals surface area contributed by atoms with Crippen LogP contribution in [0.2, 0.25) is 0 Å². The Labute approximate surface area is 108 Å². The second-order valence-electron chi connectivity index (χ2n) is 4.61. The van der Waals surface area contributed by atoms with Gasteiger partial charge in [-0.15, -0.1) is 0 Å². The molecule has 1 aromatic heterocycles. The van der Waals surface area contributed by atoms with Crippen molar-refractivity contribution in [2.45, 2.75) is 24.6 Å². The number of piperidine rings is 1. The molecule has 1 fully saturated rings. The molecule has 0 aliphatic carbocycles. The lowest BCUT2D eigenvalue weighted by Crippen LogP contribution is -2.42. The molecule has 0 aromatic carbocycles. The van der Waals surface area contributed by atoms with E-state index in [1.165, 1.54) is 4.31 Å². The molecule has 2 heterocycles. The van der Waals surface area contributed by atoms with E-state index < -0.39 is 10.0 Å². The Bertz CT molecular complexity index is 469. The summed E-state index contributed by atoms with van der Waals surface area (Å²) in [6, 6.07) is 3.68. The minimum Gasteiger partial charge on any atom is -0.317 e. The van der Waals surface area contributed by atoms with Gasteiger partial charge in [-0.05, 0) is 43.6 Å². The molecule has 0 spiro atoms. The topological polar surface area (TPSA) is 62.3 Å². The second kappa shape index (κ2) is 5.77. The number of nitrogens with one attached hydrogen (secondary N) is 1. The largest absolute Gasteiger partial charge is 0.317 e. The van der Waals surface area contributed by atoms with Crippen LogP contribution < -0.4 is 5.32 Å². The quantitative estimate of drug-likeness (QED) is 0.869. The van der Waals surface area contributed by atoms with Crippen LogP contribution in [0.4, 0.5) is 0 Å². The lowest BCUT2D eigenvalue weighted by atomic mass is 10.2. The van der Waals surface area contributed by atoms with E-state index in [0.29, 0.717) is 19.4 Å². The first-order chi connectivity index (χ1) is 8.60. The Morgan fingerprint density at radius 3 is 2.56 bits per heavy atom. The molecule has 0 atom stereocenters. The van der Waals surface area contributed by atoms with Crippen molar-refractivity contribution >= 4 is 10.0 Å². The molecule has 1 aliphatic heterocycles. The summed E-state index contributed by atoms with van der Waals surface area (Å²) >= 11 is 0. The minimum absolute atomic E-state index is 0.245. The van der Waals surface area contributed by atoms with Crippen LogP contribution >= 0.6 is 0 Å². The summed E-state index contributed by atoms with van der Waals surface area (Å²) in [6.45, 7) is 1.98. The van der Waals surface area contributed by atoms with Gasteiger partial charge in [0, 0.05) is 26.0 Å². The smallest absolute Gasteiger partial charge is 0.217 e. The molecule has 0 saturated carbocycles. The lowest BCUT2D eigenvalue weighted by Gasteiger charge is -2.27. The Hall–Kier alpha value is -0.980. The van der Waals surface area contributed by atoms with Crippen molar-refractivity contribution < 1.29 is 8.42 Å². The minimum atomic E-state index is -3.19. The van der Waals surface area contributed by atoms with Crippen LogP contribution in [0.5, 0.6) is 0 Å². The summed E-state index contributed by atoms with van der Waals surface area (Å²) in [5.74, 6) is 0. The van der Waals surface area contributed by atoms with Gasteiger partial charge >= 0.3 is 0 Å². The zero-order valence-electron chi connectivity index (χ0n) is 10.5. The normalized spacial score (nSPS) is 18.1. The van der Waals surface area contributed by atoms with E-state index in [9.17, 15) is 8.42 Å². The summed E-state index contributed by atoms with van der Waals surface area (Å²) in [4.78, 5) is 3.93. The monoisotopic (exact) mass is 269 g/mol. The summed E-state index contributed by atoms with van der Waals surface area (Å²) in [5, 5.41) is 2.94. The Balaban J connectivity index is 2.05. The maximum atomic E-state index is 12.4. The number of rotatable bonds is 4. The molecule has 0 bridgehead atoms. The zero-order valence-corrected chi connectivity index (χ0v) is 11.4. The summed E-state index contributed by atoms with van der Waals surface area (Å²) < 4.78 is 26.2. The molecule has 0 amide bonds. The number of pyridine rings is 1. The summed E-state index contributed by atoms with van der Waals surface area (Å²) in [7, 11) is -1.54. The lowest BCUT2D eigenvalue weighted by molar-refractivity contribution is 0.428. The first-order valence-electron chi connectivity index (χ1n) is 6.15. The predicted octanol–water partition coefficient (Wildman–Crippen LogP) is 0.595. The molecule has 6 heteroatoms. The van der Waals surface area contributed by atoms with Gasteiger partial charge in [0.15, 0.2) is 0 Å². The van der Waals surface area contributed by atoms with Crippen LogP contribution in [-0.2, 0) is 16.6 Å². The van der Waals surface area contributed by atoms with E-state index in [2.05, 4.69) is 10.3 Å². The molecular formula is C12H19N3O2S. The van der Waals surface area contributed by atoms with Crippen LogP contribution in [0.25, 0.3) is 0 Å². The molecule has 100 valence electrons. The van der Waals surface area contributed by atoms with Crippen LogP contribution in [0.15, 0.2) is 24.5 Å². The van der Waals surface area contributed by atoms with Crippen molar-refractivity contribution in [1.29, 1.82) is 0 Å². The third-order valence-electron chi connectivity index (χ3n) is 3.30. The maximum absolute atomic E-state index is 12.4. The first kappa shape index (κ1) is 13.5. The summed E-state index contributed by atoms with van der Waals surface area (Å²) in [6.07, 6.45) is 4.76. The number of nitrogens with zero attached hydrogens (tertiary/aromatic N) is 2. The molecule has 0 radical (unpaired) electrons.